The van der Waals surface area contributed by atoms with Crippen molar-refractivity contribution in [1.82, 2.24) is 9.13 Å². The third-order valence-electron chi connectivity index (χ3n) is 6.27. The highest BCUT2D eigenvalue weighted by Crippen LogP contribution is 2.39. The van der Waals surface area contributed by atoms with Gasteiger partial charge in [0.25, 0.3) is 0 Å². The van der Waals surface area contributed by atoms with E-state index in [1.54, 1.807) is 0 Å². The van der Waals surface area contributed by atoms with Crippen LogP contribution in [-0.4, -0.2) is 9.13 Å². The molecule has 0 saturated heterocycles. The maximum absolute atomic E-state index is 7.76. The molecule has 0 aliphatic carbocycles. The first kappa shape index (κ1) is 16.9. The number of benzene rings is 4. The van der Waals surface area contributed by atoms with Gasteiger partial charge in [-0.25, -0.2) is 4.85 Å². The molecule has 4 aromatic carbocycles. The number of hydrogen-bond donors (Lipinski definition) is 0. The molecule has 0 unspecified atom stereocenters. The van der Waals surface area contributed by atoms with Gasteiger partial charge in [0.05, 0.1) is 23.1 Å². The monoisotopic (exact) mass is 385 g/mol. The second kappa shape index (κ2) is 5.98. The minimum absolute atomic E-state index is 0.681. The average molecular weight is 385 g/mol. The van der Waals surface area contributed by atoms with Crippen molar-refractivity contribution < 1.29 is 0 Å². The zero-order valence-corrected chi connectivity index (χ0v) is 16.8. The molecule has 0 atom stereocenters. The van der Waals surface area contributed by atoms with E-state index in [0.717, 1.165) is 16.6 Å². The maximum atomic E-state index is 7.76. The van der Waals surface area contributed by atoms with Gasteiger partial charge >= 0.3 is 0 Å². The molecule has 6 aromatic rings. The molecule has 0 spiro atoms. The third kappa shape index (κ3) is 2.08. The summed E-state index contributed by atoms with van der Waals surface area (Å²) < 4.78 is 4.52. The smallest absolute Gasteiger partial charge is 0.211 e. The van der Waals surface area contributed by atoms with Crippen molar-refractivity contribution in [3.63, 3.8) is 0 Å². The normalized spacial score (nSPS) is 11.6. The summed E-state index contributed by atoms with van der Waals surface area (Å²) in [6.07, 6.45) is 0. The summed E-state index contributed by atoms with van der Waals surface area (Å²) >= 11 is 0. The van der Waals surface area contributed by atoms with Gasteiger partial charge in [0.2, 0.25) is 5.69 Å². The fourth-order valence-corrected chi connectivity index (χ4v) is 4.91. The molecule has 142 valence electrons. The quantitative estimate of drug-likeness (QED) is 0.264. The zero-order valence-electron chi connectivity index (χ0n) is 16.8. The van der Waals surface area contributed by atoms with E-state index >= 15 is 0 Å². The Labute approximate surface area is 174 Å². The van der Waals surface area contributed by atoms with Gasteiger partial charge in [-0.05, 0) is 36.1 Å². The number of rotatable bonds is 1. The second-order valence-corrected chi connectivity index (χ2v) is 7.87. The van der Waals surface area contributed by atoms with Crippen molar-refractivity contribution in [1.29, 1.82) is 0 Å². The topological polar surface area (TPSA) is 14.2 Å². The second-order valence-electron chi connectivity index (χ2n) is 7.87. The Morgan fingerprint density at radius 1 is 0.700 bits per heavy atom. The highest BCUT2D eigenvalue weighted by atomic mass is 15.0. The lowest BCUT2D eigenvalue weighted by atomic mass is 10.1. The summed E-state index contributed by atoms with van der Waals surface area (Å²) in [4.78, 5) is 3.85. The Bertz CT molecular complexity index is 1670. The van der Waals surface area contributed by atoms with Crippen molar-refractivity contribution in [2.24, 2.45) is 7.05 Å². The van der Waals surface area contributed by atoms with Crippen LogP contribution in [-0.2, 0) is 7.05 Å². The molecule has 0 radical (unpaired) electrons. The maximum Gasteiger partial charge on any atom is 0.211 e. The van der Waals surface area contributed by atoms with Gasteiger partial charge < -0.3 is 9.13 Å². The molecular weight excluding hydrogens is 366 g/mol. The van der Waals surface area contributed by atoms with Crippen LogP contribution in [0.25, 0.3) is 54.1 Å². The molecule has 0 fully saturated rings. The molecule has 30 heavy (non-hydrogen) atoms. The lowest BCUT2D eigenvalue weighted by Crippen LogP contribution is -1.96. The number of nitrogens with zero attached hydrogens (tertiary/aromatic N) is 3. The van der Waals surface area contributed by atoms with Gasteiger partial charge in [-0.15, -0.1) is 0 Å². The minimum Gasteiger partial charge on any atom is -0.344 e. The van der Waals surface area contributed by atoms with Gasteiger partial charge in [0, 0.05) is 34.4 Å². The van der Waals surface area contributed by atoms with Gasteiger partial charge in [0.1, 0.15) is 0 Å². The summed E-state index contributed by atoms with van der Waals surface area (Å²) in [5, 5.41) is 4.83. The number of fused-ring (bicyclic) bond motifs is 6. The van der Waals surface area contributed by atoms with E-state index < -0.39 is 0 Å². The molecular formula is C27H19N3. The molecule has 0 aliphatic heterocycles. The van der Waals surface area contributed by atoms with Crippen LogP contribution < -0.4 is 0 Å². The van der Waals surface area contributed by atoms with Crippen molar-refractivity contribution in [3.8, 4) is 5.69 Å². The van der Waals surface area contributed by atoms with Gasteiger partial charge in [0.15, 0.2) is 0 Å². The fraction of sp³-hybridized carbons (Fsp3) is 0.0741. The molecule has 2 heterocycles. The summed E-state index contributed by atoms with van der Waals surface area (Å²) in [6.45, 7) is 9.90. The van der Waals surface area contributed by atoms with E-state index in [4.69, 9.17) is 6.57 Å². The fourth-order valence-electron chi connectivity index (χ4n) is 4.91. The first-order chi connectivity index (χ1) is 14.7. The lowest BCUT2D eigenvalue weighted by Gasteiger charge is -2.11. The van der Waals surface area contributed by atoms with Crippen LogP contribution >= 0.6 is 0 Å². The van der Waals surface area contributed by atoms with Gasteiger partial charge in [-0.2, -0.15) is 0 Å². The third-order valence-corrected chi connectivity index (χ3v) is 6.27. The molecule has 0 amide bonds. The molecule has 3 heteroatoms. The molecule has 0 aliphatic rings. The van der Waals surface area contributed by atoms with E-state index in [1.165, 1.54) is 38.3 Å². The van der Waals surface area contributed by atoms with E-state index in [0.29, 0.717) is 5.69 Å². The van der Waals surface area contributed by atoms with Crippen LogP contribution in [0.2, 0.25) is 0 Å². The molecule has 3 nitrogen and oxygen atoms in total. The van der Waals surface area contributed by atoms with Crippen molar-refractivity contribution in [2.75, 3.05) is 0 Å². The molecule has 0 saturated carbocycles. The summed E-state index contributed by atoms with van der Waals surface area (Å²) in [5.74, 6) is 0. The van der Waals surface area contributed by atoms with E-state index in [1.807, 2.05) is 12.1 Å². The predicted octanol–water partition coefficient (Wildman–Crippen LogP) is 7.29. The zero-order chi connectivity index (χ0) is 20.4. The summed E-state index contributed by atoms with van der Waals surface area (Å²) in [5.41, 5.74) is 7.54. The Hall–Kier alpha value is -4.03. The largest absolute Gasteiger partial charge is 0.344 e. The SMILES string of the molecule is [C-]#[N+]c1cccc2c3cccc(C)c3n(-c3ccc4c5ccccc5n(C)c4c3)c12. The molecule has 6 rings (SSSR count). The Kier molecular flexibility index (Phi) is 3.37. The molecule has 0 bridgehead atoms. The number of para-hydroxylation sites is 3. The minimum atomic E-state index is 0.681. The molecule has 0 N–H and O–H groups in total. The number of aromatic nitrogens is 2. The average Bonchev–Trinajstić information content (AvgIpc) is 3.28. The number of hydrogen-bond acceptors (Lipinski definition) is 0. The first-order valence-corrected chi connectivity index (χ1v) is 10.1. The standard InChI is InChI=1S/C27H19N3/c1-17-8-6-10-21-22-11-7-12-23(28-2)27(22)30(26(17)21)18-14-15-20-19-9-4-5-13-24(19)29(3)25(20)16-18/h4-16H,1,3H3. The predicted molar refractivity (Wildman–Crippen MR) is 126 cm³/mol. The van der Waals surface area contributed by atoms with Crippen LogP contribution in [0.15, 0.2) is 78.9 Å². The Morgan fingerprint density at radius 3 is 2.23 bits per heavy atom. The van der Waals surface area contributed by atoms with E-state index in [9.17, 15) is 0 Å². The van der Waals surface area contributed by atoms with Crippen LogP contribution in [0.5, 0.6) is 0 Å². The number of aryl methyl sites for hydroxylation is 2. The van der Waals surface area contributed by atoms with Gasteiger partial charge in [-0.1, -0.05) is 60.7 Å². The van der Waals surface area contributed by atoms with Crippen LogP contribution in [0.3, 0.4) is 0 Å². The lowest BCUT2D eigenvalue weighted by molar-refractivity contribution is 1.01. The summed E-state index contributed by atoms with van der Waals surface area (Å²) in [6, 6.07) is 27.6. The Morgan fingerprint density at radius 2 is 1.40 bits per heavy atom. The molecule has 2 aromatic heterocycles. The van der Waals surface area contributed by atoms with Crippen molar-refractivity contribution in [2.45, 2.75) is 6.92 Å². The van der Waals surface area contributed by atoms with Crippen LogP contribution in [0.4, 0.5) is 5.69 Å². The van der Waals surface area contributed by atoms with Crippen molar-refractivity contribution in [3.05, 3.63) is 95.8 Å². The van der Waals surface area contributed by atoms with E-state index in [2.05, 4.69) is 94.7 Å². The van der Waals surface area contributed by atoms with Crippen LogP contribution in [0.1, 0.15) is 5.56 Å². The van der Waals surface area contributed by atoms with Gasteiger partial charge in [-0.3, -0.25) is 0 Å². The summed E-state index contributed by atoms with van der Waals surface area (Å²) in [7, 11) is 2.12. The van der Waals surface area contributed by atoms with Crippen molar-refractivity contribution >= 4 is 49.3 Å². The first-order valence-electron chi connectivity index (χ1n) is 10.1. The van der Waals surface area contributed by atoms with Crippen LogP contribution in [0, 0.1) is 13.5 Å². The highest BCUT2D eigenvalue weighted by molar-refractivity contribution is 6.14. The highest BCUT2D eigenvalue weighted by Gasteiger charge is 2.17. The van der Waals surface area contributed by atoms with E-state index in [-0.39, 0.29) is 0 Å². The Balaban J connectivity index is 1.80.